The Labute approximate surface area is 143 Å². The van der Waals surface area contributed by atoms with Crippen LogP contribution in [0.1, 0.15) is 15.9 Å². The fourth-order valence-electron chi connectivity index (χ4n) is 2.44. The van der Waals surface area contributed by atoms with Gasteiger partial charge >= 0.3 is 0 Å². The molecule has 0 aliphatic rings. The maximum absolute atomic E-state index is 12.5. The minimum atomic E-state index is -0.200. The predicted molar refractivity (Wildman–Crippen MR) is 96.4 cm³/mol. The Morgan fingerprint density at radius 1 is 1.00 bits per heavy atom. The molecule has 0 aliphatic heterocycles. The summed E-state index contributed by atoms with van der Waals surface area (Å²) in [7, 11) is 7.10. The summed E-state index contributed by atoms with van der Waals surface area (Å²) in [5, 5.41) is 2.92. The average molecular weight is 328 g/mol. The van der Waals surface area contributed by atoms with Crippen molar-refractivity contribution >= 4 is 11.6 Å². The summed E-state index contributed by atoms with van der Waals surface area (Å²) in [6.07, 6.45) is 0.761. The van der Waals surface area contributed by atoms with Gasteiger partial charge in [-0.05, 0) is 36.2 Å². The first-order valence-corrected chi connectivity index (χ1v) is 7.82. The number of amides is 1. The summed E-state index contributed by atoms with van der Waals surface area (Å²) < 4.78 is 10.5. The summed E-state index contributed by atoms with van der Waals surface area (Å²) in [6.45, 7) is 0.543. The molecule has 24 heavy (non-hydrogen) atoms. The largest absolute Gasteiger partial charge is 0.496 e. The average Bonchev–Trinajstić information content (AvgIpc) is 2.61. The third kappa shape index (κ3) is 4.19. The van der Waals surface area contributed by atoms with Gasteiger partial charge in [-0.15, -0.1) is 0 Å². The van der Waals surface area contributed by atoms with Gasteiger partial charge in [-0.3, -0.25) is 4.79 Å². The van der Waals surface area contributed by atoms with Crippen LogP contribution in [0.25, 0.3) is 0 Å². The zero-order chi connectivity index (χ0) is 17.5. The van der Waals surface area contributed by atoms with E-state index in [1.807, 2.05) is 14.1 Å². The zero-order valence-electron chi connectivity index (χ0n) is 14.6. The van der Waals surface area contributed by atoms with Crippen molar-refractivity contribution in [2.24, 2.45) is 0 Å². The lowest BCUT2D eigenvalue weighted by Gasteiger charge is -2.14. The van der Waals surface area contributed by atoms with Gasteiger partial charge in [0, 0.05) is 26.3 Å². The van der Waals surface area contributed by atoms with E-state index in [1.165, 1.54) is 19.8 Å². The molecule has 0 heterocycles. The lowest BCUT2D eigenvalue weighted by molar-refractivity contribution is 0.0948. The Morgan fingerprint density at radius 3 is 2.08 bits per heavy atom. The van der Waals surface area contributed by atoms with Crippen LogP contribution in [0.5, 0.6) is 11.5 Å². The van der Waals surface area contributed by atoms with E-state index in [4.69, 9.17) is 9.47 Å². The molecule has 0 unspecified atom stereocenters. The number of nitrogens with zero attached hydrogens (tertiary/aromatic N) is 1. The number of hydrogen-bond donors (Lipinski definition) is 1. The molecule has 2 aromatic rings. The number of rotatable bonds is 7. The van der Waals surface area contributed by atoms with Gasteiger partial charge in [0.25, 0.3) is 5.91 Å². The van der Waals surface area contributed by atoms with E-state index in [0.29, 0.717) is 23.6 Å². The Morgan fingerprint density at radius 2 is 1.58 bits per heavy atom. The maximum Gasteiger partial charge on any atom is 0.258 e. The number of hydrogen-bond acceptors (Lipinski definition) is 4. The minimum Gasteiger partial charge on any atom is -0.496 e. The molecular formula is C19H24N2O3. The second-order valence-corrected chi connectivity index (χ2v) is 5.60. The first-order valence-electron chi connectivity index (χ1n) is 7.82. The molecule has 5 nitrogen and oxygen atoms in total. The van der Waals surface area contributed by atoms with Crippen LogP contribution in [-0.4, -0.2) is 40.8 Å². The van der Waals surface area contributed by atoms with E-state index in [0.717, 1.165) is 12.1 Å². The second-order valence-electron chi connectivity index (χ2n) is 5.60. The smallest absolute Gasteiger partial charge is 0.258 e. The number of methoxy groups -OCH3 is 2. The number of carbonyl (C=O) groups is 1. The van der Waals surface area contributed by atoms with Crippen LogP contribution in [0.3, 0.4) is 0 Å². The molecule has 0 radical (unpaired) electrons. The highest BCUT2D eigenvalue weighted by atomic mass is 16.5. The van der Waals surface area contributed by atoms with Crippen LogP contribution in [0.15, 0.2) is 42.5 Å². The van der Waals surface area contributed by atoms with E-state index in [9.17, 15) is 4.79 Å². The fourth-order valence-corrected chi connectivity index (χ4v) is 2.44. The summed E-state index contributed by atoms with van der Waals surface area (Å²) in [5.41, 5.74) is 2.75. The SMILES string of the molecule is COc1cccc(OC)c1C(=O)NCCc1ccc(N(C)C)cc1. The number of benzene rings is 2. The molecule has 0 aliphatic carbocycles. The lowest BCUT2D eigenvalue weighted by atomic mass is 10.1. The highest BCUT2D eigenvalue weighted by molar-refractivity contribution is 5.99. The molecule has 128 valence electrons. The summed E-state index contributed by atoms with van der Waals surface area (Å²) in [5.74, 6) is 0.804. The number of nitrogens with one attached hydrogen (secondary N) is 1. The highest BCUT2D eigenvalue weighted by Crippen LogP contribution is 2.27. The van der Waals surface area contributed by atoms with Gasteiger partial charge in [0.05, 0.1) is 14.2 Å². The normalized spacial score (nSPS) is 10.2. The standard InChI is InChI=1S/C19H24N2O3/c1-21(2)15-10-8-14(9-11-15)12-13-20-19(22)18-16(23-3)6-5-7-17(18)24-4/h5-11H,12-13H2,1-4H3,(H,20,22). The van der Waals surface area contributed by atoms with Crippen molar-refractivity contribution in [3.8, 4) is 11.5 Å². The number of anilines is 1. The van der Waals surface area contributed by atoms with E-state index in [-0.39, 0.29) is 5.91 Å². The lowest BCUT2D eigenvalue weighted by Crippen LogP contribution is -2.26. The Bertz CT molecular complexity index is 659. The molecule has 2 aromatic carbocycles. The topological polar surface area (TPSA) is 50.8 Å². The van der Waals surface area contributed by atoms with E-state index < -0.39 is 0 Å². The van der Waals surface area contributed by atoms with Gasteiger partial charge in [0.1, 0.15) is 17.1 Å². The van der Waals surface area contributed by atoms with Crippen molar-refractivity contribution in [2.45, 2.75) is 6.42 Å². The molecule has 0 spiro atoms. The van der Waals surface area contributed by atoms with Crippen LogP contribution in [0.2, 0.25) is 0 Å². The van der Waals surface area contributed by atoms with Gasteiger partial charge in [0.15, 0.2) is 0 Å². The van der Waals surface area contributed by atoms with Crippen LogP contribution in [0.4, 0.5) is 5.69 Å². The van der Waals surface area contributed by atoms with Crippen LogP contribution >= 0.6 is 0 Å². The Kier molecular flexibility index (Phi) is 6.07. The first kappa shape index (κ1) is 17.7. The minimum absolute atomic E-state index is 0.200. The van der Waals surface area contributed by atoms with Crippen LogP contribution < -0.4 is 19.7 Å². The van der Waals surface area contributed by atoms with Gasteiger partial charge in [0.2, 0.25) is 0 Å². The highest BCUT2D eigenvalue weighted by Gasteiger charge is 2.17. The third-order valence-electron chi connectivity index (χ3n) is 3.81. The molecule has 1 amide bonds. The molecule has 0 saturated heterocycles. The van der Waals surface area contributed by atoms with Crippen molar-refractivity contribution < 1.29 is 14.3 Å². The van der Waals surface area contributed by atoms with Gasteiger partial charge in [-0.1, -0.05) is 18.2 Å². The van der Waals surface area contributed by atoms with E-state index in [2.05, 4.69) is 34.5 Å². The van der Waals surface area contributed by atoms with Crippen molar-refractivity contribution in [1.29, 1.82) is 0 Å². The first-order chi connectivity index (χ1) is 11.6. The summed E-state index contributed by atoms with van der Waals surface area (Å²) in [6, 6.07) is 13.6. The molecule has 0 atom stereocenters. The van der Waals surface area contributed by atoms with Crippen LogP contribution in [0, 0.1) is 0 Å². The predicted octanol–water partition coefficient (Wildman–Crippen LogP) is 2.74. The van der Waals surface area contributed by atoms with Crippen molar-refractivity contribution in [1.82, 2.24) is 5.32 Å². The molecular weight excluding hydrogens is 304 g/mol. The monoisotopic (exact) mass is 328 g/mol. The summed E-state index contributed by atoms with van der Waals surface area (Å²) >= 11 is 0. The third-order valence-corrected chi connectivity index (χ3v) is 3.81. The summed E-state index contributed by atoms with van der Waals surface area (Å²) in [4.78, 5) is 14.5. The molecule has 0 saturated carbocycles. The quantitative estimate of drug-likeness (QED) is 0.849. The van der Waals surface area contributed by atoms with E-state index >= 15 is 0 Å². The number of carbonyl (C=O) groups excluding carboxylic acids is 1. The molecule has 1 N–H and O–H groups in total. The second kappa shape index (κ2) is 8.24. The van der Waals surface area contributed by atoms with Gasteiger partial charge in [-0.2, -0.15) is 0 Å². The van der Waals surface area contributed by atoms with Crippen molar-refractivity contribution in [3.05, 3.63) is 53.6 Å². The molecule has 0 bridgehead atoms. The maximum atomic E-state index is 12.5. The molecule has 0 fully saturated rings. The zero-order valence-corrected chi connectivity index (χ0v) is 14.6. The Hall–Kier alpha value is -2.69. The molecule has 5 heteroatoms. The molecule has 0 aromatic heterocycles. The Balaban J connectivity index is 1.98. The van der Waals surface area contributed by atoms with Crippen molar-refractivity contribution in [3.63, 3.8) is 0 Å². The van der Waals surface area contributed by atoms with Crippen LogP contribution in [-0.2, 0) is 6.42 Å². The van der Waals surface area contributed by atoms with Gasteiger partial charge in [-0.25, -0.2) is 0 Å². The van der Waals surface area contributed by atoms with Crippen molar-refractivity contribution in [2.75, 3.05) is 39.8 Å². The van der Waals surface area contributed by atoms with Gasteiger partial charge < -0.3 is 19.7 Å². The molecule has 2 rings (SSSR count). The number of ether oxygens (including phenoxy) is 2. The van der Waals surface area contributed by atoms with E-state index in [1.54, 1.807) is 18.2 Å². The fraction of sp³-hybridized carbons (Fsp3) is 0.316.